The van der Waals surface area contributed by atoms with Crippen LogP contribution in [0.5, 0.6) is 0 Å². The van der Waals surface area contributed by atoms with Gasteiger partial charge in [0.2, 0.25) is 0 Å². The summed E-state index contributed by atoms with van der Waals surface area (Å²) in [5.74, 6) is 1.32. The van der Waals surface area contributed by atoms with Crippen LogP contribution in [0.2, 0.25) is 0 Å². The van der Waals surface area contributed by atoms with Crippen LogP contribution in [0.4, 0.5) is 13.2 Å². The van der Waals surface area contributed by atoms with Crippen molar-refractivity contribution in [2.45, 2.75) is 25.9 Å². The van der Waals surface area contributed by atoms with Crippen LogP contribution in [0, 0.1) is 5.92 Å². The third kappa shape index (κ3) is 9.00. The number of ether oxygens (including phenoxy) is 1. The average Bonchev–Trinajstić information content (AvgIpc) is 2.93. The first kappa shape index (κ1) is 20.0. The predicted octanol–water partition coefficient (Wildman–Crippen LogP) is 1.80. The van der Waals surface area contributed by atoms with E-state index in [1.807, 2.05) is 14.0 Å². The Bertz CT molecular complexity index is 357. The Labute approximate surface area is 136 Å². The number of hydrogen-bond donors (Lipinski definition) is 1. The molecule has 1 atom stereocenters. The molecule has 1 aliphatic rings. The summed E-state index contributed by atoms with van der Waals surface area (Å²) in [4.78, 5) is 7.86. The molecule has 1 heterocycles. The van der Waals surface area contributed by atoms with Gasteiger partial charge in [-0.3, -0.25) is 9.89 Å². The number of hydrogen-bond acceptors (Lipinski definition) is 3. The summed E-state index contributed by atoms with van der Waals surface area (Å²) in [5, 5.41) is 3.22. The molecule has 0 saturated carbocycles. The molecule has 23 heavy (non-hydrogen) atoms. The molecule has 0 amide bonds. The minimum Gasteiger partial charge on any atom is -0.381 e. The molecule has 0 aromatic rings. The SMILES string of the molecule is CCNC(=NCCCN(C)CC(F)(F)F)N(C)CC1CCOC1. The fourth-order valence-electron chi connectivity index (χ4n) is 2.58. The predicted molar refractivity (Wildman–Crippen MR) is 85.7 cm³/mol. The molecule has 0 aromatic heterocycles. The largest absolute Gasteiger partial charge is 0.401 e. The van der Waals surface area contributed by atoms with Crippen molar-refractivity contribution in [3.8, 4) is 0 Å². The van der Waals surface area contributed by atoms with E-state index in [2.05, 4.69) is 15.2 Å². The fraction of sp³-hybridized carbons (Fsp3) is 0.933. The van der Waals surface area contributed by atoms with E-state index in [1.54, 1.807) is 0 Å². The van der Waals surface area contributed by atoms with Gasteiger partial charge in [0.15, 0.2) is 5.96 Å². The molecule has 5 nitrogen and oxygen atoms in total. The molecule has 1 fully saturated rings. The quantitative estimate of drug-likeness (QED) is 0.416. The van der Waals surface area contributed by atoms with Gasteiger partial charge in [0.1, 0.15) is 0 Å². The van der Waals surface area contributed by atoms with E-state index in [4.69, 9.17) is 4.74 Å². The number of rotatable bonds is 8. The van der Waals surface area contributed by atoms with Crippen LogP contribution in [-0.2, 0) is 4.74 Å². The summed E-state index contributed by atoms with van der Waals surface area (Å²) in [6.07, 6.45) is -2.48. The normalized spacial score (nSPS) is 19.4. The zero-order valence-electron chi connectivity index (χ0n) is 14.3. The first-order valence-electron chi connectivity index (χ1n) is 8.14. The van der Waals surface area contributed by atoms with Crippen LogP contribution in [0.25, 0.3) is 0 Å². The molecule has 1 rings (SSSR count). The summed E-state index contributed by atoms with van der Waals surface area (Å²) in [6, 6.07) is 0. The van der Waals surface area contributed by atoms with Crippen LogP contribution in [0.1, 0.15) is 19.8 Å². The van der Waals surface area contributed by atoms with Crippen molar-refractivity contribution in [1.29, 1.82) is 0 Å². The summed E-state index contributed by atoms with van der Waals surface area (Å²) in [7, 11) is 3.46. The lowest BCUT2D eigenvalue weighted by Crippen LogP contribution is -2.41. The van der Waals surface area contributed by atoms with Crippen LogP contribution >= 0.6 is 0 Å². The molecule has 0 bridgehead atoms. The Morgan fingerprint density at radius 2 is 2.09 bits per heavy atom. The van der Waals surface area contributed by atoms with Gasteiger partial charge in [0.05, 0.1) is 13.2 Å². The minimum absolute atomic E-state index is 0.378. The maximum atomic E-state index is 12.2. The standard InChI is InChI=1S/C15H29F3N4O/c1-4-19-14(22(3)10-13-6-9-23-11-13)20-7-5-8-21(2)12-15(16,17)18/h13H,4-12H2,1-3H3,(H,19,20). The highest BCUT2D eigenvalue weighted by molar-refractivity contribution is 5.79. The van der Waals surface area contributed by atoms with Gasteiger partial charge in [0.25, 0.3) is 0 Å². The second kappa shape index (κ2) is 9.97. The van der Waals surface area contributed by atoms with Gasteiger partial charge in [-0.25, -0.2) is 0 Å². The molecular formula is C15H29F3N4O. The average molecular weight is 338 g/mol. The number of alkyl halides is 3. The van der Waals surface area contributed by atoms with E-state index >= 15 is 0 Å². The minimum atomic E-state index is -4.14. The van der Waals surface area contributed by atoms with Crippen molar-refractivity contribution < 1.29 is 17.9 Å². The second-order valence-corrected chi connectivity index (χ2v) is 6.05. The topological polar surface area (TPSA) is 40.1 Å². The molecule has 0 spiro atoms. The molecule has 0 aromatic carbocycles. The molecule has 1 aliphatic heterocycles. The zero-order chi connectivity index (χ0) is 17.3. The number of halogens is 3. The highest BCUT2D eigenvalue weighted by Crippen LogP contribution is 2.15. The molecule has 1 N–H and O–H groups in total. The lowest BCUT2D eigenvalue weighted by atomic mass is 10.1. The van der Waals surface area contributed by atoms with E-state index in [-0.39, 0.29) is 0 Å². The zero-order valence-corrected chi connectivity index (χ0v) is 14.3. The molecule has 8 heteroatoms. The van der Waals surface area contributed by atoms with Gasteiger partial charge in [-0.15, -0.1) is 0 Å². The molecule has 0 radical (unpaired) electrons. The number of nitrogens with zero attached hydrogens (tertiary/aromatic N) is 3. The Balaban J connectivity index is 2.35. The van der Waals surface area contributed by atoms with Crippen molar-refractivity contribution in [2.75, 3.05) is 60.0 Å². The summed E-state index contributed by atoms with van der Waals surface area (Å²) >= 11 is 0. The van der Waals surface area contributed by atoms with Gasteiger partial charge in [0, 0.05) is 39.2 Å². The third-order valence-corrected chi connectivity index (χ3v) is 3.66. The Morgan fingerprint density at radius 3 is 2.65 bits per heavy atom. The van der Waals surface area contributed by atoms with Crippen molar-refractivity contribution in [2.24, 2.45) is 10.9 Å². The molecule has 1 unspecified atom stereocenters. The van der Waals surface area contributed by atoms with E-state index in [9.17, 15) is 13.2 Å². The summed E-state index contributed by atoms with van der Waals surface area (Å²) < 4.78 is 42.1. The smallest absolute Gasteiger partial charge is 0.381 e. The molecular weight excluding hydrogens is 309 g/mol. The lowest BCUT2D eigenvalue weighted by Gasteiger charge is -2.24. The van der Waals surface area contributed by atoms with Gasteiger partial charge in [-0.05, 0) is 33.4 Å². The third-order valence-electron chi connectivity index (χ3n) is 3.66. The highest BCUT2D eigenvalue weighted by Gasteiger charge is 2.28. The Kier molecular flexibility index (Phi) is 8.68. The van der Waals surface area contributed by atoms with Gasteiger partial charge in [-0.1, -0.05) is 0 Å². The van der Waals surface area contributed by atoms with Crippen LogP contribution < -0.4 is 5.32 Å². The van der Waals surface area contributed by atoms with E-state index in [0.29, 0.717) is 25.4 Å². The fourth-order valence-corrected chi connectivity index (χ4v) is 2.58. The number of nitrogens with one attached hydrogen (secondary N) is 1. The van der Waals surface area contributed by atoms with Crippen molar-refractivity contribution >= 4 is 5.96 Å². The molecule has 136 valence electrons. The van der Waals surface area contributed by atoms with E-state index in [0.717, 1.165) is 38.7 Å². The highest BCUT2D eigenvalue weighted by atomic mass is 19.4. The molecule has 1 saturated heterocycles. The van der Waals surface area contributed by atoms with Gasteiger partial charge in [-0.2, -0.15) is 13.2 Å². The lowest BCUT2D eigenvalue weighted by molar-refractivity contribution is -0.143. The first-order valence-corrected chi connectivity index (χ1v) is 8.14. The maximum absolute atomic E-state index is 12.2. The molecule has 0 aliphatic carbocycles. The summed E-state index contributed by atoms with van der Waals surface area (Å²) in [5.41, 5.74) is 0. The van der Waals surface area contributed by atoms with Crippen LogP contribution in [0.3, 0.4) is 0 Å². The Morgan fingerprint density at radius 1 is 1.35 bits per heavy atom. The monoisotopic (exact) mass is 338 g/mol. The number of guanidine groups is 1. The number of aliphatic imine (C=N–C) groups is 1. The van der Waals surface area contributed by atoms with E-state index < -0.39 is 12.7 Å². The van der Waals surface area contributed by atoms with Gasteiger partial charge >= 0.3 is 6.18 Å². The Hall–Kier alpha value is -1.02. The first-order chi connectivity index (χ1) is 10.8. The van der Waals surface area contributed by atoms with Crippen molar-refractivity contribution in [1.82, 2.24) is 15.1 Å². The van der Waals surface area contributed by atoms with Crippen LogP contribution in [-0.4, -0.2) is 82.0 Å². The van der Waals surface area contributed by atoms with Crippen molar-refractivity contribution in [3.05, 3.63) is 0 Å². The second-order valence-electron chi connectivity index (χ2n) is 6.05. The van der Waals surface area contributed by atoms with Gasteiger partial charge < -0.3 is 15.0 Å². The van der Waals surface area contributed by atoms with E-state index in [1.165, 1.54) is 11.9 Å². The van der Waals surface area contributed by atoms with Crippen molar-refractivity contribution in [3.63, 3.8) is 0 Å². The maximum Gasteiger partial charge on any atom is 0.401 e. The summed E-state index contributed by atoms with van der Waals surface area (Å²) in [6.45, 7) is 5.25. The van der Waals surface area contributed by atoms with Crippen LogP contribution in [0.15, 0.2) is 4.99 Å².